The van der Waals surface area contributed by atoms with Gasteiger partial charge < -0.3 is 15.3 Å². The Labute approximate surface area is 106 Å². The Balaban J connectivity index is 2.87. The van der Waals surface area contributed by atoms with Gasteiger partial charge in [0.25, 0.3) is 0 Å². The second-order valence-electron chi connectivity index (χ2n) is 3.28. The molecule has 0 radical (unpaired) electrons. The summed E-state index contributed by atoms with van der Waals surface area (Å²) in [5, 5.41) is 27.9. The number of carboxylic acids is 1. The Bertz CT molecular complexity index is 396. The molecule has 0 heterocycles. The summed E-state index contributed by atoms with van der Waals surface area (Å²) < 4.78 is 0.737. The Kier molecular flexibility index (Phi) is 4.73. The normalized spacial score (nSPS) is 14.5. The predicted molar refractivity (Wildman–Crippen MR) is 62.4 cm³/mol. The molecule has 0 spiro atoms. The summed E-state index contributed by atoms with van der Waals surface area (Å²) in [6.07, 6.45) is -3.22. The molecule has 6 heteroatoms. The van der Waals surface area contributed by atoms with Crippen molar-refractivity contribution in [3.05, 3.63) is 33.3 Å². The SMILES string of the molecule is O=C(O)CC(O)C(O)c1ccc(Br)cc1Cl. The average molecular weight is 310 g/mol. The van der Waals surface area contributed by atoms with Crippen molar-refractivity contribution in [2.24, 2.45) is 0 Å². The fourth-order valence-corrected chi connectivity index (χ4v) is 2.02. The number of aliphatic hydroxyl groups excluding tert-OH is 2. The van der Waals surface area contributed by atoms with Crippen molar-refractivity contribution in [1.82, 2.24) is 0 Å². The number of hydrogen-bond donors (Lipinski definition) is 3. The molecule has 1 aromatic rings. The standard InChI is InChI=1S/C10H10BrClO4/c11-5-1-2-6(7(12)3-5)10(16)8(13)4-9(14)15/h1-3,8,10,13,16H,4H2,(H,14,15). The van der Waals surface area contributed by atoms with E-state index in [0.717, 1.165) is 4.47 Å². The lowest BCUT2D eigenvalue weighted by molar-refractivity contribution is -0.141. The van der Waals surface area contributed by atoms with Crippen LogP contribution in [0.1, 0.15) is 18.1 Å². The third kappa shape index (κ3) is 3.45. The van der Waals surface area contributed by atoms with E-state index < -0.39 is 24.6 Å². The zero-order chi connectivity index (χ0) is 12.3. The Morgan fingerprint density at radius 2 is 2.06 bits per heavy atom. The van der Waals surface area contributed by atoms with E-state index in [1.54, 1.807) is 12.1 Å². The van der Waals surface area contributed by atoms with Gasteiger partial charge >= 0.3 is 5.97 Å². The first-order valence-corrected chi connectivity index (χ1v) is 5.61. The minimum Gasteiger partial charge on any atom is -0.481 e. The minimum absolute atomic E-state index is 0.270. The largest absolute Gasteiger partial charge is 0.481 e. The fraction of sp³-hybridized carbons (Fsp3) is 0.300. The molecular weight excluding hydrogens is 299 g/mol. The number of aliphatic hydroxyl groups is 2. The second kappa shape index (κ2) is 5.63. The molecule has 0 aliphatic heterocycles. The third-order valence-corrected chi connectivity index (χ3v) is 2.85. The van der Waals surface area contributed by atoms with Crippen LogP contribution in [0, 0.1) is 0 Å². The van der Waals surface area contributed by atoms with E-state index >= 15 is 0 Å². The van der Waals surface area contributed by atoms with Crippen molar-refractivity contribution < 1.29 is 20.1 Å². The molecule has 0 saturated carbocycles. The molecule has 0 bridgehead atoms. The van der Waals surface area contributed by atoms with Gasteiger partial charge in [-0.25, -0.2) is 0 Å². The molecule has 0 saturated heterocycles. The van der Waals surface area contributed by atoms with Crippen molar-refractivity contribution in [2.75, 3.05) is 0 Å². The van der Waals surface area contributed by atoms with Gasteiger partial charge in [0.05, 0.1) is 12.5 Å². The van der Waals surface area contributed by atoms with Gasteiger partial charge in [0.15, 0.2) is 0 Å². The molecule has 0 aliphatic rings. The zero-order valence-electron chi connectivity index (χ0n) is 8.10. The van der Waals surface area contributed by atoms with E-state index in [0.29, 0.717) is 5.56 Å². The summed E-state index contributed by atoms with van der Waals surface area (Å²) in [5.41, 5.74) is 0.304. The Morgan fingerprint density at radius 1 is 1.44 bits per heavy atom. The highest BCUT2D eigenvalue weighted by atomic mass is 79.9. The maximum absolute atomic E-state index is 10.4. The smallest absolute Gasteiger partial charge is 0.306 e. The number of rotatable bonds is 4. The first kappa shape index (κ1) is 13.4. The molecule has 2 unspecified atom stereocenters. The number of hydrogen-bond acceptors (Lipinski definition) is 3. The first-order chi connectivity index (χ1) is 7.41. The van der Waals surface area contributed by atoms with Crippen molar-refractivity contribution in [1.29, 1.82) is 0 Å². The van der Waals surface area contributed by atoms with E-state index in [2.05, 4.69) is 15.9 Å². The highest BCUT2D eigenvalue weighted by Crippen LogP contribution is 2.29. The maximum atomic E-state index is 10.4. The first-order valence-electron chi connectivity index (χ1n) is 4.44. The zero-order valence-corrected chi connectivity index (χ0v) is 10.4. The molecular formula is C10H10BrClO4. The summed E-state index contributed by atoms with van der Waals surface area (Å²) in [7, 11) is 0. The molecule has 0 fully saturated rings. The second-order valence-corrected chi connectivity index (χ2v) is 4.60. The maximum Gasteiger partial charge on any atom is 0.306 e. The lowest BCUT2D eigenvalue weighted by Gasteiger charge is -2.17. The summed E-state index contributed by atoms with van der Waals surface area (Å²) in [4.78, 5) is 10.4. The number of halogens is 2. The van der Waals surface area contributed by atoms with Crippen molar-refractivity contribution >= 4 is 33.5 Å². The van der Waals surface area contributed by atoms with Crippen molar-refractivity contribution in [3.8, 4) is 0 Å². The van der Waals surface area contributed by atoms with Crippen LogP contribution in [0.15, 0.2) is 22.7 Å². The van der Waals surface area contributed by atoms with E-state index in [1.807, 2.05) is 0 Å². The summed E-state index contributed by atoms with van der Waals surface area (Å²) in [6.45, 7) is 0. The van der Waals surface area contributed by atoms with Crippen LogP contribution < -0.4 is 0 Å². The highest BCUT2D eigenvalue weighted by molar-refractivity contribution is 9.10. The fourth-order valence-electron chi connectivity index (χ4n) is 1.24. The Hall–Kier alpha value is -0.620. The van der Waals surface area contributed by atoms with Gasteiger partial charge in [-0.15, -0.1) is 0 Å². The van der Waals surface area contributed by atoms with Crippen LogP contribution in [0.3, 0.4) is 0 Å². The molecule has 0 aliphatic carbocycles. The number of aliphatic carboxylic acids is 1. The molecule has 2 atom stereocenters. The average Bonchev–Trinajstić information content (AvgIpc) is 2.15. The van der Waals surface area contributed by atoms with E-state index in [-0.39, 0.29) is 5.02 Å². The van der Waals surface area contributed by atoms with Gasteiger partial charge in [-0.3, -0.25) is 4.79 Å². The van der Waals surface area contributed by atoms with Crippen LogP contribution in [0.5, 0.6) is 0 Å². The quantitative estimate of drug-likeness (QED) is 0.794. The highest BCUT2D eigenvalue weighted by Gasteiger charge is 2.23. The topological polar surface area (TPSA) is 77.8 Å². The van der Waals surface area contributed by atoms with Crippen LogP contribution in [0.2, 0.25) is 5.02 Å². The van der Waals surface area contributed by atoms with Crippen LogP contribution >= 0.6 is 27.5 Å². The molecule has 0 amide bonds. The van der Waals surface area contributed by atoms with Crippen LogP contribution in [0.4, 0.5) is 0 Å². The van der Waals surface area contributed by atoms with E-state index in [4.69, 9.17) is 16.7 Å². The van der Waals surface area contributed by atoms with E-state index in [1.165, 1.54) is 6.07 Å². The van der Waals surface area contributed by atoms with Gasteiger partial charge in [-0.2, -0.15) is 0 Å². The summed E-state index contributed by atoms with van der Waals surface area (Å²) in [5.74, 6) is -1.18. The number of carbonyl (C=O) groups is 1. The monoisotopic (exact) mass is 308 g/mol. The number of carboxylic acid groups (broad SMARTS) is 1. The summed E-state index contributed by atoms with van der Waals surface area (Å²) >= 11 is 9.06. The Morgan fingerprint density at radius 3 is 2.56 bits per heavy atom. The lowest BCUT2D eigenvalue weighted by atomic mass is 10.0. The van der Waals surface area contributed by atoms with Crippen molar-refractivity contribution in [3.63, 3.8) is 0 Å². The van der Waals surface area contributed by atoms with Crippen LogP contribution in [0.25, 0.3) is 0 Å². The molecule has 16 heavy (non-hydrogen) atoms. The summed E-state index contributed by atoms with van der Waals surface area (Å²) in [6, 6.07) is 4.74. The predicted octanol–water partition coefficient (Wildman–Crippen LogP) is 1.97. The van der Waals surface area contributed by atoms with Gasteiger partial charge in [-0.05, 0) is 12.1 Å². The molecule has 88 valence electrons. The van der Waals surface area contributed by atoms with Crippen molar-refractivity contribution in [2.45, 2.75) is 18.6 Å². The van der Waals surface area contributed by atoms with E-state index in [9.17, 15) is 15.0 Å². The molecule has 0 aromatic heterocycles. The van der Waals surface area contributed by atoms with Crippen LogP contribution in [-0.4, -0.2) is 27.4 Å². The van der Waals surface area contributed by atoms with Gasteiger partial charge in [0.2, 0.25) is 0 Å². The van der Waals surface area contributed by atoms with Gasteiger partial charge in [-0.1, -0.05) is 33.6 Å². The molecule has 4 nitrogen and oxygen atoms in total. The third-order valence-electron chi connectivity index (χ3n) is 2.03. The molecule has 3 N–H and O–H groups in total. The molecule has 1 rings (SSSR count). The minimum atomic E-state index is -1.38. The molecule has 1 aromatic carbocycles. The number of benzene rings is 1. The van der Waals surface area contributed by atoms with Gasteiger partial charge in [0, 0.05) is 15.1 Å². The van der Waals surface area contributed by atoms with Gasteiger partial charge in [0.1, 0.15) is 6.10 Å². The lowest BCUT2D eigenvalue weighted by Crippen LogP contribution is -2.22. The van der Waals surface area contributed by atoms with Crippen LogP contribution in [-0.2, 0) is 4.79 Å².